The van der Waals surface area contributed by atoms with Gasteiger partial charge in [-0.1, -0.05) is 12.8 Å². The maximum Gasteiger partial charge on any atom is 0.241 e. The summed E-state index contributed by atoms with van der Waals surface area (Å²) in [5.41, 5.74) is 6.25. The van der Waals surface area contributed by atoms with Gasteiger partial charge in [-0.2, -0.15) is 5.10 Å². The fourth-order valence-electron chi connectivity index (χ4n) is 3.13. The van der Waals surface area contributed by atoms with E-state index in [2.05, 4.69) is 9.82 Å². The van der Waals surface area contributed by atoms with Crippen LogP contribution < -0.4 is 10.5 Å². The minimum Gasteiger partial charge on any atom is -0.329 e. The largest absolute Gasteiger partial charge is 0.329 e. The van der Waals surface area contributed by atoms with Crippen molar-refractivity contribution in [2.75, 3.05) is 6.54 Å². The number of aromatic nitrogens is 2. The molecule has 1 aromatic carbocycles. The highest BCUT2D eigenvalue weighted by Gasteiger charge is 2.37. The van der Waals surface area contributed by atoms with E-state index < -0.39 is 21.4 Å². The molecule has 0 aliphatic heterocycles. The number of nitrogens with one attached hydrogen (secondary N) is 1. The van der Waals surface area contributed by atoms with E-state index in [1.165, 1.54) is 16.8 Å². The summed E-state index contributed by atoms with van der Waals surface area (Å²) in [6, 6.07) is 3.82. The molecule has 0 radical (unpaired) electrons. The molecule has 0 bridgehead atoms. The lowest BCUT2D eigenvalue weighted by Gasteiger charge is -2.28. The summed E-state index contributed by atoms with van der Waals surface area (Å²) < 4.78 is 43.7. The zero-order valence-electron chi connectivity index (χ0n) is 13.5. The standard InChI is InChI=1S/C16H21FN4O2S/c1-12-9-19-21(10-12)15-5-4-13(8-14(15)17)24(22,23)20-16(11-18)6-2-3-7-16/h4-5,8-10,20H,2-3,6-7,11,18H2,1H3. The normalized spacial score (nSPS) is 17.3. The Balaban J connectivity index is 1.90. The van der Waals surface area contributed by atoms with E-state index in [1.54, 1.807) is 12.4 Å². The number of aryl methyl sites for hydroxylation is 1. The topological polar surface area (TPSA) is 90.0 Å². The van der Waals surface area contributed by atoms with Gasteiger partial charge >= 0.3 is 0 Å². The monoisotopic (exact) mass is 352 g/mol. The van der Waals surface area contributed by atoms with Crippen molar-refractivity contribution in [3.8, 4) is 5.69 Å². The molecular weight excluding hydrogens is 331 g/mol. The van der Waals surface area contributed by atoms with Crippen molar-refractivity contribution in [3.05, 3.63) is 42.0 Å². The second-order valence-corrected chi connectivity index (χ2v) is 8.05. The van der Waals surface area contributed by atoms with Crippen LogP contribution in [0.2, 0.25) is 0 Å². The Labute approximate surface area is 140 Å². The third-order valence-electron chi connectivity index (χ3n) is 4.49. The average Bonchev–Trinajstić information content (AvgIpc) is 3.16. The van der Waals surface area contributed by atoms with Crippen LogP contribution in [0.15, 0.2) is 35.5 Å². The lowest BCUT2D eigenvalue weighted by molar-refractivity contribution is 0.399. The first-order chi connectivity index (χ1) is 11.4. The molecule has 0 unspecified atom stereocenters. The van der Waals surface area contributed by atoms with Crippen molar-refractivity contribution in [2.45, 2.75) is 43.0 Å². The lowest BCUT2D eigenvalue weighted by atomic mass is 10.0. The summed E-state index contributed by atoms with van der Waals surface area (Å²) in [6.45, 7) is 2.08. The van der Waals surface area contributed by atoms with Gasteiger partial charge in [0.1, 0.15) is 11.5 Å². The smallest absolute Gasteiger partial charge is 0.241 e. The highest BCUT2D eigenvalue weighted by Crippen LogP contribution is 2.30. The minimum atomic E-state index is -3.83. The van der Waals surface area contributed by atoms with Gasteiger partial charge in [0, 0.05) is 18.3 Å². The molecule has 3 N–H and O–H groups in total. The second kappa shape index (κ2) is 6.27. The van der Waals surface area contributed by atoms with Crippen molar-refractivity contribution in [2.24, 2.45) is 5.73 Å². The molecule has 1 aliphatic rings. The molecule has 1 fully saturated rings. The van der Waals surface area contributed by atoms with E-state index in [0.717, 1.165) is 24.5 Å². The first kappa shape index (κ1) is 17.1. The fourth-order valence-corrected chi connectivity index (χ4v) is 4.61. The van der Waals surface area contributed by atoms with Gasteiger partial charge in [0.05, 0.1) is 11.1 Å². The molecule has 1 aliphatic carbocycles. The fraction of sp³-hybridized carbons (Fsp3) is 0.438. The van der Waals surface area contributed by atoms with Crippen LogP contribution in [0.4, 0.5) is 4.39 Å². The Bertz CT molecular complexity index is 842. The number of benzene rings is 1. The molecule has 130 valence electrons. The number of hydrogen-bond acceptors (Lipinski definition) is 4. The quantitative estimate of drug-likeness (QED) is 0.859. The van der Waals surface area contributed by atoms with Gasteiger partial charge in [0.2, 0.25) is 10.0 Å². The van der Waals surface area contributed by atoms with Crippen molar-refractivity contribution < 1.29 is 12.8 Å². The summed E-state index contributed by atoms with van der Waals surface area (Å²) in [4.78, 5) is -0.104. The summed E-state index contributed by atoms with van der Waals surface area (Å²) in [6.07, 6.45) is 6.56. The van der Waals surface area contributed by atoms with Gasteiger partial charge in [-0.05, 0) is 43.5 Å². The summed E-state index contributed by atoms with van der Waals surface area (Å²) in [5, 5.41) is 4.04. The Morgan fingerprint density at radius 2 is 2.08 bits per heavy atom. The predicted octanol–water partition coefficient (Wildman–Crippen LogP) is 1.87. The summed E-state index contributed by atoms with van der Waals surface area (Å²) in [7, 11) is -3.83. The van der Waals surface area contributed by atoms with E-state index in [0.29, 0.717) is 12.8 Å². The summed E-state index contributed by atoms with van der Waals surface area (Å²) >= 11 is 0. The Kier molecular flexibility index (Phi) is 4.46. The Morgan fingerprint density at radius 1 is 1.38 bits per heavy atom. The van der Waals surface area contributed by atoms with Gasteiger partial charge in [-0.3, -0.25) is 0 Å². The van der Waals surface area contributed by atoms with Crippen molar-refractivity contribution in [1.29, 1.82) is 0 Å². The first-order valence-electron chi connectivity index (χ1n) is 7.90. The molecule has 0 spiro atoms. The van der Waals surface area contributed by atoms with Gasteiger partial charge < -0.3 is 5.73 Å². The maximum absolute atomic E-state index is 14.4. The van der Waals surface area contributed by atoms with E-state index in [4.69, 9.17) is 5.73 Å². The van der Waals surface area contributed by atoms with Crippen LogP contribution in [0.25, 0.3) is 5.69 Å². The maximum atomic E-state index is 14.4. The van der Waals surface area contributed by atoms with E-state index in [9.17, 15) is 12.8 Å². The molecule has 8 heteroatoms. The molecule has 6 nitrogen and oxygen atoms in total. The molecule has 1 saturated carbocycles. The van der Waals surface area contributed by atoms with Gasteiger partial charge in [0.15, 0.2) is 0 Å². The predicted molar refractivity (Wildman–Crippen MR) is 88.8 cm³/mol. The molecule has 0 saturated heterocycles. The molecule has 1 heterocycles. The third-order valence-corrected chi connectivity index (χ3v) is 6.07. The van der Waals surface area contributed by atoms with Crippen LogP contribution in [0.1, 0.15) is 31.2 Å². The molecule has 2 aromatic rings. The molecule has 1 aromatic heterocycles. The first-order valence-corrected chi connectivity index (χ1v) is 9.39. The molecule has 0 amide bonds. The van der Waals surface area contributed by atoms with Crippen LogP contribution in [0, 0.1) is 12.7 Å². The van der Waals surface area contributed by atoms with E-state index in [-0.39, 0.29) is 17.1 Å². The number of nitrogens with zero attached hydrogens (tertiary/aromatic N) is 2. The van der Waals surface area contributed by atoms with Gasteiger partial charge in [-0.25, -0.2) is 22.2 Å². The molecule has 3 rings (SSSR count). The highest BCUT2D eigenvalue weighted by atomic mass is 32.2. The second-order valence-electron chi connectivity index (χ2n) is 6.37. The molecule has 0 atom stereocenters. The Hall–Kier alpha value is -1.77. The SMILES string of the molecule is Cc1cnn(-c2ccc(S(=O)(=O)NC3(CN)CCCC3)cc2F)c1. The highest BCUT2D eigenvalue weighted by molar-refractivity contribution is 7.89. The van der Waals surface area contributed by atoms with E-state index >= 15 is 0 Å². The lowest BCUT2D eigenvalue weighted by Crippen LogP contribution is -2.51. The van der Waals surface area contributed by atoms with Crippen LogP contribution in [0.5, 0.6) is 0 Å². The van der Waals surface area contributed by atoms with Crippen molar-refractivity contribution in [1.82, 2.24) is 14.5 Å². The van der Waals surface area contributed by atoms with Gasteiger partial charge in [0.25, 0.3) is 0 Å². The van der Waals surface area contributed by atoms with E-state index in [1.807, 2.05) is 6.92 Å². The third kappa shape index (κ3) is 3.22. The van der Waals surface area contributed by atoms with Crippen LogP contribution in [-0.4, -0.2) is 30.3 Å². The number of halogens is 1. The van der Waals surface area contributed by atoms with Crippen molar-refractivity contribution >= 4 is 10.0 Å². The number of nitrogens with two attached hydrogens (primary N) is 1. The van der Waals surface area contributed by atoms with Crippen LogP contribution in [0.3, 0.4) is 0 Å². The van der Waals surface area contributed by atoms with Crippen LogP contribution >= 0.6 is 0 Å². The average molecular weight is 352 g/mol. The van der Waals surface area contributed by atoms with Gasteiger partial charge in [-0.15, -0.1) is 0 Å². The molecular formula is C16H21FN4O2S. The minimum absolute atomic E-state index is 0.104. The summed E-state index contributed by atoms with van der Waals surface area (Å²) in [5.74, 6) is -0.644. The van der Waals surface area contributed by atoms with Crippen molar-refractivity contribution in [3.63, 3.8) is 0 Å². The number of hydrogen-bond donors (Lipinski definition) is 2. The zero-order valence-corrected chi connectivity index (χ0v) is 14.3. The number of rotatable bonds is 5. The molecule has 24 heavy (non-hydrogen) atoms. The Morgan fingerprint density at radius 3 is 2.62 bits per heavy atom. The number of sulfonamides is 1. The zero-order chi connectivity index (χ0) is 17.4. The van der Waals surface area contributed by atoms with Crippen LogP contribution in [-0.2, 0) is 10.0 Å².